The lowest BCUT2D eigenvalue weighted by Gasteiger charge is -2.22. The van der Waals surface area contributed by atoms with Crippen LogP contribution < -0.4 is 14.9 Å². The van der Waals surface area contributed by atoms with E-state index in [1.165, 1.54) is 4.31 Å². The molecule has 1 atom stereocenters. The molecule has 0 aromatic heterocycles. The number of para-hydroxylation sites is 1. The summed E-state index contributed by atoms with van der Waals surface area (Å²) in [5.41, 5.74) is 2.30. The second-order valence-electron chi connectivity index (χ2n) is 8.50. The van der Waals surface area contributed by atoms with Gasteiger partial charge in [0.15, 0.2) is 0 Å². The van der Waals surface area contributed by atoms with Crippen molar-refractivity contribution in [1.82, 2.24) is 15.5 Å². The van der Waals surface area contributed by atoms with Crippen molar-refractivity contribution < 1.29 is 22.8 Å². The number of anilines is 1. The maximum atomic E-state index is 13.1. The van der Waals surface area contributed by atoms with Crippen LogP contribution >= 0.6 is 0 Å². The summed E-state index contributed by atoms with van der Waals surface area (Å²) in [6.45, 7) is -0.194. The van der Waals surface area contributed by atoms with Gasteiger partial charge in [0.05, 0.1) is 11.4 Å². The zero-order valence-corrected chi connectivity index (χ0v) is 18.7. The number of carbonyl (C=O) groups excluding carboxylic acids is 3. The van der Waals surface area contributed by atoms with E-state index in [1.54, 1.807) is 12.1 Å². The summed E-state index contributed by atoms with van der Waals surface area (Å²) in [7, 11) is -3.61. The third-order valence-corrected chi connectivity index (χ3v) is 8.36. The Labute approximate surface area is 191 Å². The predicted molar refractivity (Wildman–Crippen MR) is 121 cm³/mol. The fourth-order valence-electron chi connectivity index (χ4n) is 4.96. The lowest BCUT2D eigenvalue weighted by molar-refractivity contribution is -0.135. The van der Waals surface area contributed by atoms with Gasteiger partial charge in [-0.05, 0) is 42.0 Å². The highest BCUT2D eigenvalue weighted by molar-refractivity contribution is 7.92. The molecule has 2 N–H and O–H groups in total. The van der Waals surface area contributed by atoms with Gasteiger partial charge in [0, 0.05) is 13.1 Å². The van der Waals surface area contributed by atoms with Gasteiger partial charge < -0.3 is 10.6 Å². The summed E-state index contributed by atoms with van der Waals surface area (Å²) >= 11 is 0. The van der Waals surface area contributed by atoms with Gasteiger partial charge in [-0.3, -0.25) is 18.8 Å². The maximum absolute atomic E-state index is 13.1. The molecule has 3 aliphatic rings. The molecule has 2 aliphatic heterocycles. The molecule has 9 nitrogen and oxygen atoms in total. The van der Waals surface area contributed by atoms with Crippen LogP contribution in [-0.4, -0.2) is 56.6 Å². The van der Waals surface area contributed by atoms with Crippen molar-refractivity contribution >= 4 is 33.6 Å². The fraction of sp³-hybridized carbons (Fsp3) is 0.348. The minimum Gasteiger partial charge on any atom is -0.353 e. The Bertz CT molecular complexity index is 1260. The van der Waals surface area contributed by atoms with Crippen LogP contribution in [-0.2, 0) is 38.0 Å². The van der Waals surface area contributed by atoms with Gasteiger partial charge in [0.2, 0.25) is 15.9 Å². The normalized spacial score (nSPS) is 21.3. The van der Waals surface area contributed by atoms with Gasteiger partial charge in [0.25, 0.3) is 5.91 Å². The van der Waals surface area contributed by atoms with Crippen molar-refractivity contribution in [2.75, 3.05) is 29.7 Å². The molecule has 0 saturated carbocycles. The molecule has 5 rings (SSSR count). The van der Waals surface area contributed by atoms with E-state index in [0.717, 1.165) is 21.6 Å². The first-order valence-electron chi connectivity index (χ1n) is 10.9. The van der Waals surface area contributed by atoms with Gasteiger partial charge in [-0.25, -0.2) is 13.2 Å². The largest absolute Gasteiger partial charge is 0.353 e. The lowest BCUT2D eigenvalue weighted by atomic mass is 9.92. The Balaban J connectivity index is 1.19. The zero-order chi connectivity index (χ0) is 23.2. The summed E-state index contributed by atoms with van der Waals surface area (Å²) in [4.78, 5) is 39.0. The van der Waals surface area contributed by atoms with E-state index in [4.69, 9.17) is 0 Å². The molecule has 2 heterocycles. The minimum absolute atomic E-state index is 0.114. The summed E-state index contributed by atoms with van der Waals surface area (Å²) in [5.74, 6) is -1.31. The summed E-state index contributed by atoms with van der Waals surface area (Å²) in [5, 5.41) is 5.31. The number of urea groups is 1. The van der Waals surface area contributed by atoms with Crippen LogP contribution in [0.3, 0.4) is 0 Å². The van der Waals surface area contributed by atoms with Crippen LogP contribution in [0.5, 0.6) is 0 Å². The summed E-state index contributed by atoms with van der Waals surface area (Å²) < 4.78 is 26.9. The topological polar surface area (TPSA) is 116 Å². The zero-order valence-electron chi connectivity index (χ0n) is 17.9. The molecule has 2 aromatic carbocycles. The standard InChI is InChI=1S/C23H24N4O5S/c28-20(24-12-14-33(31,32)27-13-10-17-6-2-4-8-19(17)27)15-26-21(29)23(25-22(26)30)11-9-16-5-1-3-7-18(16)23/h1-8H,9-15H2,(H,24,28)(H,25,30). The van der Waals surface area contributed by atoms with E-state index in [0.29, 0.717) is 31.5 Å². The Kier molecular flexibility index (Phi) is 5.12. The van der Waals surface area contributed by atoms with Crippen molar-refractivity contribution in [2.45, 2.75) is 24.8 Å². The van der Waals surface area contributed by atoms with Crippen LogP contribution in [0.2, 0.25) is 0 Å². The van der Waals surface area contributed by atoms with Crippen molar-refractivity contribution in [1.29, 1.82) is 0 Å². The number of sulfonamides is 1. The monoisotopic (exact) mass is 468 g/mol. The van der Waals surface area contributed by atoms with Gasteiger partial charge in [0.1, 0.15) is 12.1 Å². The number of aryl methyl sites for hydroxylation is 1. The lowest BCUT2D eigenvalue weighted by Crippen LogP contribution is -2.44. The molecule has 0 radical (unpaired) electrons. The van der Waals surface area contributed by atoms with Crippen molar-refractivity contribution in [2.24, 2.45) is 0 Å². The van der Waals surface area contributed by atoms with Crippen LogP contribution in [0.1, 0.15) is 23.1 Å². The first-order valence-corrected chi connectivity index (χ1v) is 12.5. The van der Waals surface area contributed by atoms with E-state index in [2.05, 4.69) is 10.6 Å². The van der Waals surface area contributed by atoms with Crippen LogP contribution in [0.25, 0.3) is 0 Å². The first kappa shape index (κ1) is 21.4. The third kappa shape index (κ3) is 3.54. The van der Waals surface area contributed by atoms with Crippen molar-refractivity contribution in [3.63, 3.8) is 0 Å². The number of hydrogen-bond acceptors (Lipinski definition) is 5. The van der Waals surface area contributed by atoms with E-state index >= 15 is 0 Å². The molecule has 1 unspecified atom stereocenters. The summed E-state index contributed by atoms with van der Waals surface area (Å²) in [6.07, 6.45) is 1.77. The first-order chi connectivity index (χ1) is 15.8. The highest BCUT2D eigenvalue weighted by atomic mass is 32.2. The molecule has 1 fully saturated rings. The quantitative estimate of drug-likeness (QED) is 0.611. The number of hydrogen-bond donors (Lipinski definition) is 2. The van der Waals surface area contributed by atoms with Gasteiger partial charge in [-0.1, -0.05) is 42.5 Å². The molecule has 33 heavy (non-hydrogen) atoms. The fourth-order valence-corrected chi connectivity index (χ4v) is 6.39. The molecule has 1 spiro atoms. The number of nitrogens with zero attached hydrogens (tertiary/aromatic N) is 2. The Morgan fingerprint density at radius 2 is 1.76 bits per heavy atom. The number of rotatable bonds is 6. The SMILES string of the molecule is O=C(CN1C(=O)NC2(CCc3ccccc32)C1=O)NCCS(=O)(=O)N1CCc2ccccc21. The van der Waals surface area contributed by atoms with Crippen molar-refractivity contribution in [3.05, 3.63) is 65.2 Å². The van der Waals surface area contributed by atoms with E-state index in [1.807, 2.05) is 36.4 Å². The average Bonchev–Trinajstić information content (AvgIpc) is 3.46. The molecular weight excluding hydrogens is 444 g/mol. The van der Waals surface area contributed by atoms with Crippen LogP contribution in [0, 0.1) is 0 Å². The Morgan fingerprint density at radius 3 is 2.58 bits per heavy atom. The number of nitrogens with one attached hydrogen (secondary N) is 2. The van der Waals surface area contributed by atoms with Crippen LogP contribution in [0.15, 0.2) is 48.5 Å². The number of fused-ring (bicyclic) bond motifs is 3. The molecule has 172 valence electrons. The van der Waals surface area contributed by atoms with E-state index in [9.17, 15) is 22.8 Å². The summed E-state index contributed by atoms with van der Waals surface area (Å²) in [6, 6.07) is 14.2. The Morgan fingerprint density at radius 1 is 1.03 bits per heavy atom. The molecule has 2 aromatic rings. The van der Waals surface area contributed by atoms with Crippen LogP contribution in [0.4, 0.5) is 10.5 Å². The Hall–Kier alpha value is -3.40. The minimum atomic E-state index is -3.61. The van der Waals surface area contributed by atoms with Gasteiger partial charge in [-0.15, -0.1) is 0 Å². The third-order valence-electron chi connectivity index (χ3n) is 6.59. The molecule has 10 heteroatoms. The van der Waals surface area contributed by atoms with Crippen molar-refractivity contribution in [3.8, 4) is 0 Å². The molecular formula is C23H24N4O5S. The second kappa shape index (κ2) is 7.87. The number of carbonyl (C=O) groups is 3. The predicted octanol–water partition coefficient (Wildman–Crippen LogP) is 0.889. The maximum Gasteiger partial charge on any atom is 0.325 e. The smallest absolute Gasteiger partial charge is 0.325 e. The number of imide groups is 1. The molecule has 1 aliphatic carbocycles. The average molecular weight is 469 g/mol. The van der Waals surface area contributed by atoms with Gasteiger partial charge >= 0.3 is 6.03 Å². The molecule has 4 amide bonds. The second-order valence-corrected chi connectivity index (χ2v) is 10.5. The highest BCUT2D eigenvalue weighted by Crippen LogP contribution is 2.41. The van der Waals surface area contributed by atoms with E-state index in [-0.39, 0.29) is 12.3 Å². The molecule has 0 bridgehead atoms. The number of amides is 4. The van der Waals surface area contributed by atoms with E-state index < -0.39 is 40.0 Å². The highest BCUT2D eigenvalue weighted by Gasteiger charge is 2.55. The number of benzene rings is 2. The van der Waals surface area contributed by atoms with Gasteiger partial charge in [-0.2, -0.15) is 0 Å². The molecule has 1 saturated heterocycles.